The summed E-state index contributed by atoms with van der Waals surface area (Å²) in [7, 11) is 0. The SMILES string of the molecule is CC.CC.CC.CCC12C=C(C)n3c4c(c5ccccc53)CCN(CCC1C)C42.CCC12CC(=O)n3c4c(c5ccccc53)CCN(CCC1C)C42.CCC12CC3(C)OC1C(C)=CN1CCc4c(n3c3ccccc43)C12. The molecule has 0 amide bonds. The van der Waals surface area contributed by atoms with E-state index in [2.05, 4.69) is 169 Å². The van der Waals surface area contributed by atoms with Crippen LogP contribution in [0.4, 0.5) is 0 Å². The molecule has 10 aliphatic rings. The van der Waals surface area contributed by atoms with E-state index in [4.69, 9.17) is 4.74 Å². The molecule has 406 valence electrons. The highest BCUT2D eigenvalue weighted by atomic mass is 16.5. The summed E-state index contributed by atoms with van der Waals surface area (Å²) in [5, 5.41) is 4.24. The summed E-state index contributed by atoms with van der Waals surface area (Å²) < 4.78 is 14.1. The van der Waals surface area contributed by atoms with Gasteiger partial charge < -0.3 is 18.8 Å². The average Bonchev–Trinajstić information content (AvgIpc) is 4.19. The maximum Gasteiger partial charge on any atom is 0.232 e. The average molecular weight is 1030 g/mol. The molecule has 8 nitrogen and oxygen atoms in total. The molecule has 0 radical (unpaired) electrons. The van der Waals surface area contributed by atoms with E-state index in [9.17, 15) is 4.79 Å². The molecular formula is C68H92N6O2. The van der Waals surface area contributed by atoms with E-state index in [0.717, 1.165) is 50.2 Å². The third-order valence-corrected chi connectivity index (χ3v) is 21.3. The van der Waals surface area contributed by atoms with Crippen LogP contribution in [0, 0.1) is 28.1 Å². The number of benzene rings is 3. The van der Waals surface area contributed by atoms with Gasteiger partial charge in [-0.05, 0) is 138 Å². The molecule has 2 bridgehead atoms. The Labute approximate surface area is 456 Å². The minimum absolute atomic E-state index is 0.134. The number of allylic oxidation sites excluding steroid dienone is 1. The normalized spacial score (nSPS) is 32.3. The number of carbonyl (C=O) groups excluding carboxylic acids is 1. The van der Waals surface area contributed by atoms with Crippen LogP contribution in [-0.2, 0) is 29.7 Å². The molecule has 3 aromatic carbocycles. The fourth-order valence-corrected chi connectivity index (χ4v) is 18.2. The molecule has 10 unspecified atom stereocenters. The molecule has 3 saturated heterocycles. The van der Waals surface area contributed by atoms with Gasteiger partial charge in [-0.1, -0.05) is 137 Å². The van der Waals surface area contributed by atoms with Crippen molar-refractivity contribution in [1.82, 2.24) is 28.4 Å². The predicted molar refractivity (Wildman–Crippen MR) is 317 cm³/mol. The van der Waals surface area contributed by atoms with E-state index in [0.29, 0.717) is 41.8 Å². The van der Waals surface area contributed by atoms with E-state index < -0.39 is 0 Å². The quantitative estimate of drug-likeness (QED) is 0.177. The topological polar surface area (TPSA) is 50.8 Å². The van der Waals surface area contributed by atoms with Gasteiger partial charge in [0.05, 0.1) is 40.8 Å². The molecule has 10 aliphatic heterocycles. The Kier molecular flexibility index (Phi) is 13.8. The number of carbonyl (C=O) groups is 1. The fraction of sp³-hybridized carbons (Fsp3) is 0.574. The second kappa shape index (κ2) is 19.8. The van der Waals surface area contributed by atoms with Crippen LogP contribution in [0.15, 0.2) is 90.6 Å². The molecular weight excluding hydrogens is 933 g/mol. The first-order valence-corrected chi connectivity index (χ1v) is 30.6. The van der Waals surface area contributed by atoms with Crippen molar-refractivity contribution in [3.63, 3.8) is 0 Å². The van der Waals surface area contributed by atoms with E-state index >= 15 is 0 Å². The van der Waals surface area contributed by atoms with E-state index in [1.165, 1.54) is 101 Å². The molecule has 0 spiro atoms. The van der Waals surface area contributed by atoms with Crippen molar-refractivity contribution < 1.29 is 9.53 Å². The molecule has 3 aromatic heterocycles. The Morgan fingerprint density at radius 3 is 1.70 bits per heavy atom. The molecule has 8 heteroatoms. The maximum absolute atomic E-state index is 13.2. The summed E-state index contributed by atoms with van der Waals surface area (Å²) in [6.45, 7) is 36.8. The van der Waals surface area contributed by atoms with Gasteiger partial charge in [-0.15, -0.1) is 0 Å². The monoisotopic (exact) mass is 1020 g/mol. The van der Waals surface area contributed by atoms with Gasteiger partial charge >= 0.3 is 0 Å². The summed E-state index contributed by atoms with van der Waals surface area (Å²) in [6.07, 6.45) is 16.6. The van der Waals surface area contributed by atoms with Crippen LogP contribution < -0.4 is 0 Å². The standard InChI is InChI=1S/C21H24N2O.C21H26N2.C20H24N2O.3C2H6/c1-4-21-12-20(3)23-16-8-6-5-7-14(16)15-9-10-22(18(21)17(15)23)11-13(2)19(21)24-20;1-4-21-13-15(3)23-18-8-6-5-7-16(18)17-10-12-22(11-9-14(21)2)20(21)19(17)23;1-3-20-12-17(23)22-16-7-5-4-6-14(16)15-9-11-21(10-8-13(20)2)19(20)18(15)22;3*1-2/h5-8,11,18-19H,4,9-10,12H2,1-3H3;5-8,13-14,20H,4,9-12H2,1-3H3;4-7,13,19H,3,8-12H2,1-2H3;3*1-2H3. The Morgan fingerprint density at radius 1 is 0.579 bits per heavy atom. The minimum Gasteiger partial charge on any atom is -0.368 e. The van der Waals surface area contributed by atoms with E-state index in [1.807, 2.05) is 41.5 Å². The maximum atomic E-state index is 13.2. The van der Waals surface area contributed by atoms with Crippen LogP contribution in [0.25, 0.3) is 38.4 Å². The molecule has 0 N–H and O–H groups in total. The third kappa shape index (κ3) is 7.06. The van der Waals surface area contributed by atoms with Crippen molar-refractivity contribution in [3.05, 3.63) is 124 Å². The Balaban J connectivity index is 0.000000116. The van der Waals surface area contributed by atoms with Crippen molar-refractivity contribution in [2.24, 2.45) is 28.1 Å². The van der Waals surface area contributed by atoms with Gasteiger partial charge in [0.2, 0.25) is 5.91 Å². The number of aromatic nitrogens is 3. The highest BCUT2D eigenvalue weighted by Gasteiger charge is 2.66. The first-order valence-electron chi connectivity index (χ1n) is 30.6. The van der Waals surface area contributed by atoms with Crippen LogP contribution >= 0.6 is 0 Å². The first-order chi connectivity index (χ1) is 36.9. The Morgan fingerprint density at radius 2 is 1.09 bits per heavy atom. The highest BCUT2D eigenvalue weighted by molar-refractivity contribution is 5.98. The van der Waals surface area contributed by atoms with Crippen LogP contribution in [0.5, 0.6) is 0 Å². The van der Waals surface area contributed by atoms with Gasteiger partial charge in [0, 0.05) is 93.9 Å². The molecule has 0 aliphatic carbocycles. The Bertz CT molecular complexity index is 3230. The molecule has 0 saturated carbocycles. The van der Waals surface area contributed by atoms with Crippen LogP contribution in [0.3, 0.4) is 0 Å². The number of para-hydroxylation sites is 3. The molecule has 13 heterocycles. The van der Waals surface area contributed by atoms with Crippen LogP contribution in [0.1, 0.15) is 199 Å². The second-order valence-corrected chi connectivity index (χ2v) is 24.0. The molecule has 3 fully saturated rings. The van der Waals surface area contributed by atoms with Gasteiger partial charge in [0.25, 0.3) is 0 Å². The lowest BCUT2D eigenvalue weighted by molar-refractivity contribution is -0.0723. The van der Waals surface area contributed by atoms with Crippen molar-refractivity contribution in [3.8, 4) is 0 Å². The van der Waals surface area contributed by atoms with Gasteiger partial charge in [0.15, 0.2) is 0 Å². The van der Waals surface area contributed by atoms with Gasteiger partial charge in [-0.3, -0.25) is 19.2 Å². The predicted octanol–water partition coefficient (Wildman–Crippen LogP) is 16.3. The number of ether oxygens (including phenoxy) is 1. The highest BCUT2D eigenvalue weighted by Crippen LogP contribution is 2.67. The number of fused-ring (bicyclic) bond motifs is 11. The lowest BCUT2D eigenvalue weighted by Crippen LogP contribution is -2.56. The van der Waals surface area contributed by atoms with E-state index in [1.54, 1.807) is 22.5 Å². The fourth-order valence-electron chi connectivity index (χ4n) is 18.2. The largest absolute Gasteiger partial charge is 0.368 e. The molecule has 16 rings (SSSR count). The van der Waals surface area contributed by atoms with Crippen molar-refractivity contribution >= 4 is 44.3 Å². The lowest BCUT2D eigenvalue weighted by atomic mass is 9.59. The summed E-state index contributed by atoms with van der Waals surface area (Å²) in [6, 6.07) is 28.0. The lowest BCUT2D eigenvalue weighted by Gasteiger charge is -2.57. The number of piperidine rings is 2. The second-order valence-electron chi connectivity index (χ2n) is 24.0. The van der Waals surface area contributed by atoms with Crippen molar-refractivity contribution in [1.29, 1.82) is 0 Å². The first kappa shape index (κ1) is 53.1. The number of hydrogen-bond donors (Lipinski definition) is 0. The third-order valence-electron chi connectivity index (χ3n) is 21.3. The number of rotatable bonds is 3. The number of hydrogen-bond acceptors (Lipinski definition) is 5. The molecule has 10 atom stereocenters. The van der Waals surface area contributed by atoms with Crippen molar-refractivity contribution in [2.45, 2.75) is 191 Å². The zero-order chi connectivity index (χ0) is 53.8. The smallest absolute Gasteiger partial charge is 0.232 e. The zero-order valence-corrected chi connectivity index (χ0v) is 49.2. The van der Waals surface area contributed by atoms with Gasteiger partial charge in [0.1, 0.15) is 5.72 Å². The van der Waals surface area contributed by atoms with Gasteiger partial charge in [-0.2, -0.15) is 0 Å². The molecule has 76 heavy (non-hydrogen) atoms. The molecule has 6 aromatic rings. The summed E-state index contributed by atoms with van der Waals surface area (Å²) >= 11 is 0. The van der Waals surface area contributed by atoms with Crippen molar-refractivity contribution in [2.75, 3.05) is 32.7 Å². The van der Waals surface area contributed by atoms with Crippen LogP contribution in [-0.4, -0.2) is 73.1 Å². The minimum atomic E-state index is -0.215. The van der Waals surface area contributed by atoms with E-state index in [-0.39, 0.29) is 22.7 Å². The summed E-state index contributed by atoms with van der Waals surface area (Å²) in [4.78, 5) is 21.2. The zero-order valence-electron chi connectivity index (χ0n) is 49.2. The summed E-state index contributed by atoms with van der Waals surface area (Å²) in [5.41, 5.74) is 16.4. The number of nitrogens with zero attached hydrogens (tertiary/aromatic N) is 6. The van der Waals surface area contributed by atoms with Gasteiger partial charge in [-0.25, -0.2) is 0 Å². The summed E-state index contributed by atoms with van der Waals surface area (Å²) in [5.74, 6) is 1.70. The Hall–Kier alpha value is -4.89. The van der Waals surface area contributed by atoms with Crippen LogP contribution in [0.2, 0.25) is 0 Å².